The molecule has 2 atom stereocenters. The van der Waals surface area contributed by atoms with Crippen LogP contribution < -0.4 is 16.2 Å². The van der Waals surface area contributed by atoms with Crippen molar-refractivity contribution < 1.29 is 4.79 Å². The molecular formula is C21H27N5O2. The number of carbonyl (C=O) groups excluding carboxylic acids is 1. The average Bonchev–Trinajstić information content (AvgIpc) is 3.18. The zero-order valence-electron chi connectivity index (χ0n) is 16.0. The molecule has 0 aliphatic carbocycles. The number of nitrogens with one attached hydrogen (secondary N) is 1. The first kappa shape index (κ1) is 18.7. The van der Waals surface area contributed by atoms with Crippen LogP contribution in [0, 0.1) is 11.8 Å². The van der Waals surface area contributed by atoms with Gasteiger partial charge < -0.3 is 20.5 Å². The van der Waals surface area contributed by atoms with Crippen molar-refractivity contribution in [2.45, 2.75) is 18.8 Å². The first-order chi connectivity index (χ1) is 13.7. The third-order valence-electron chi connectivity index (χ3n) is 6.12. The van der Waals surface area contributed by atoms with E-state index in [2.05, 4.69) is 27.0 Å². The topological polar surface area (TPSA) is 95.3 Å². The number of benzene rings is 1. The Labute approximate surface area is 164 Å². The van der Waals surface area contributed by atoms with Crippen LogP contribution in [0.3, 0.4) is 0 Å². The van der Waals surface area contributed by atoms with Crippen LogP contribution in [0.1, 0.15) is 24.3 Å². The molecule has 0 spiro atoms. The van der Waals surface area contributed by atoms with Gasteiger partial charge >= 0.3 is 0 Å². The highest BCUT2D eigenvalue weighted by molar-refractivity contribution is 5.79. The first-order valence-electron chi connectivity index (χ1n) is 9.99. The summed E-state index contributed by atoms with van der Waals surface area (Å²) in [6.45, 7) is 3.56. The van der Waals surface area contributed by atoms with Gasteiger partial charge in [-0.15, -0.1) is 0 Å². The minimum atomic E-state index is -0.153. The zero-order valence-corrected chi connectivity index (χ0v) is 16.0. The molecule has 1 amide bonds. The molecule has 7 nitrogen and oxygen atoms in total. The maximum Gasteiger partial charge on any atom is 0.252 e. The largest absolute Gasteiger partial charge is 0.356 e. The fraction of sp³-hybridized carbons (Fsp3) is 0.476. The molecule has 2 aliphatic heterocycles. The fourth-order valence-corrected chi connectivity index (χ4v) is 4.51. The van der Waals surface area contributed by atoms with Crippen LogP contribution in [-0.2, 0) is 4.79 Å². The Kier molecular flexibility index (Phi) is 5.43. The molecule has 2 aromatic rings. The van der Waals surface area contributed by atoms with Crippen molar-refractivity contribution in [1.82, 2.24) is 14.9 Å². The van der Waals surface area contributed by atoms with Crippen molar-refractivity contribution in [3.05, 3.63) is 58.6 Å². The van der Waals surface area contributed by atoms with E-state index in [0.717, 1.165) is 39.0 Å². The van der Waals surface area contributed by atoms with Crippen molar-refractivity contribution in [2.24, 2.45) is 17.6 Å². The Morgan fingerprint density at radius 3 is 2.61 bits per heavy atom. The maximum atomic E-state index is 13.1. The van der Waals surface area contributed by atoms with Gasteiger partial charge in [0, 0.05) is 44.1 Å². The van der Waals surface area contributed by atoms with E-state index in [1.54, 1.807) is 0 Å². The summed E-state index contributed by atoms with van der Waals surface area (Å²) in [5, 5.41) is 0. The highest BCUT2D eigenvalue weighted by atomic mass is 16.2. The molecule has 28 heavy (non-hydrogen) atoms. The van der Waals surface area contributed by atoms with Crippen molar-refractivity contribution in [3.63, 3.8) is 0 Å². The Balaban J connectivity index is 1.38. The highest BCUT2D eigenvalue weighted by Gasteiger charge is 2.38. The number of likely N-dealkylation sites (tertiary alicyclic amines) is 1. The van der Waals surface area contributed by atoms with Crippen LogP contribution in [0.25, 0.3) is 0 Å². The van der Waals surface area contributed by atoms with Crippen LogP contribution in [0.5, 0.6) is 0 Å². The van der Waals surface area contributed by atoms with Gasteiger partial charge in [0.1, 0.15) is 5.82 Å². The molecule has 0 unspecified atom stereocenters. The lowest BCUT2D eigenvalue weighted by Crippen LogP contribution is -2.42. The zero-order chi connectivity index (χ0) is 19.5. The summed E-state index contributed by atoms with van der Waals surface area (Å²) >= 11 is 0. The van der Waals surface area contributed by atoms with Crippen LogP contribution in [0.4, 0.5) is 5.82 Å². The number of amides is 1. The Morgan fingerprint density at radius 2 is 1.93 bits per heavy atom. The van der Waals surface area contributed by atoms with Gasteiger partial charge in [-0.05, 0) is 30.9 Å². The summed E-state index contributed by atoms with van der Waals surface area (Å²) in [5.41, 5.74) is 7.13. The van der Waals surface area contributed by atoms with E-state index in [-0.39, 0.29) is 17.4 Å². The molecule has 0 radical (unpaired) electrons. The summed E-state index contributed by atoms with van der Waals surface area (Å²) < 4.78 is 0. The van der Waals surface area contributed by atoms with Gasteiger partial charge in [-0.1, -0.05) is 30.3 Å². The monoisotopic (exact) mass is 381 g/mol. The van der Waals surface area contributed by atoms with Crippen LogP contribution in [0.15, 0.2) is 47.5 Å². The van der Waals surface area contributed by atoms with Gasteiger partial charge in [0.15, 0.2) is 0 Å². The molecule has 4 rings (SSSR count). The van der Waals surface area contributed by atoms with E-state index in [1.165, 1.54) is 18.0 Å². The van der Waals surface area contributed by atoms with Gasteiger partial charge in [-0.2, -0.15) is 0 Å². The van der Waals surface area contributed by atoms with E-state index in [1.807, 2.05) is 23.1 Å². The number of nitrogens with two attached hydrogens (primary N) is 1. The molecule has 2 saturated heterocycles. The van der Waals surface area contributed by atoms with Crippen molar-refractivity contribution in [2.75, 3.05) is 37.6 Å². The number of nitrogens with zero attached hydrogens (tertiary/aromatic N) is 3. The van der Waals surface area contributed by atoms with Gasteiger partial charge in [-0.3, -0.25) is 9.59 Å². The number of H-pyrrole nitrogens is 1. The van der Waals surface area contributed by atoms with Crippen molar-refractivity contribution in [1.29, 1.82) is 0 Å². The summed E-state index contributed by atoms with van der Waals surface area (Å²) in [7, 11) is 0. The second-order valence-corrected chi connectivity index (χ2v) is 7.79. The lowest BCUT2D eigenvalue weighted by molar-refractivity contribution is -0.135. The minimum Gasteiger partial charge on any atom is -0.356 e. The van der Waals surface area contributed by atoms with Crippen LogP contribution >= 0.6 is 0 Å². The molecule has 148 valence electrons. The molecule has 0 bridgehead atoms. The number of piperidine rings is 1. The second kappa shape index (κ2) is 8.14. The number of hydrogen-bond acceptors (Lipinski definition) is 5. The van der Waals surface area contributed by atoms with E-state index < -0.39 is 0 Å². The minimum absolute atomic E-state index is 0.0335. The Hall–Kier alpha value is -2.67. The number of rotatable bonds is 4. The van der Waals surface area contributed by atoms with E-state index in [9.17, 15) is 9.59 Å². The smallest absolute Gasteiger partial charge is 0.252 e. The predicted octanol–water partition coefficient (Wildman–Crippen LogP) is 1.19. The average molecular weight is 381 g/mol. The molecule has 1 aromatic heterocycles. The SMILES string of the molecule is NC[C@@H]1CN(C(=O)C2CCN(c3cc(=O)[nH]cn3)CC2)C[C@H]1c1ccccc1. The van der Waals surface area contributed by atoms with Crippen molar-refractivity contribution in [3.8, 4) is 0 Å². The number of carbonyl (C=O) groups is 1. The Morgan fingerprint density at radius 1 is 1.18 bits per heavy atom. The highest BCUT2D eigenvalue weighted by Crippen LogP contribution is 2.34. The first-order valence-corrected chi connectivity index (χ1v) is 9.99. The van der Waals surface area contributed by atoms with Crippen LogP contribution in [0.2, 0.25) is 0 Å². The lowest BCUT2D eigenvalue weighted by atomic mass is 9.89. The quantitative estimate of drug-likeness (QED) is 0.829. The summed E-state index contributed by atoms with van der Waals surface area (Å²) in [4.78, 5) is 35.5. The second-order valence-electron chi connectivity index (χ2n) is 7.79. The normalized spacial score (nSPS) is 23.2. The maximum absolute atomic E-state index is 13.1. The molecule has 7 heteroatoms. The van der Waals surface area contributed by atoms with E-state index >= 15 is 0 Å². The summed E-state index contributed by atoms with van der Waals surface area (Å²) in [6.07, 6.45) is 3.00. The molecule has 0 saturated carbocycles. The van der Waals surface area contributed by atoms with E-state index in [4.69, 9.17) is 5.73 Å². The number of aromatic amines is 1. The standard InChI is InChI=1S/C21H27N5O2/c22-11-17-12-26(13-18(17)15-4-2-1-3-5-15)21(28)16-6-8-25(9-7-16)19-10-20(27)24-14-23-19/h1-5,10,14,16-18H,6-9,11-13,22H2,(H,23,24,27)/t17-,18+/m1/s1. The third kappa shape index (κ3) is 3.80. The molecule has 2 fully saturated rings. The molecular weight excluding hydrogens is 354 g/mol. The van der Waals surface area contributed by atoms with Gasteiger partial charge in [0.05, 0.1) is 6.33 Å². The summed E-state index contributed by atoms with van der Waals surface area (Å²) in [5.74, 6) is 1.59. The number of aromatic nitrogens is 2. The van der Waals surface area contributed by atoms with Gasteiger partial charge in [0.2, 0.25) is 5.91 Å². The fourth-order valence-electron chi connectivity index (χ4n) is 4.51. The third-order valence-corrected chi connectivity index (χ3v) is 6.12. The molecule has 1 aromatic carbocycles. The van der Waals surface area contributed by atoms with Crippen LogP contribution in [-0.4, -0.2) is 53.5 Å². The molecule has 3 heterocycles. The Bertz CT molecular complexity index is 860. The lowest BCUT2D eigenvalue weighted by Gasteiger charge is -2.33. The number of hydrogen-bond donors (Lipinski definition) is 2. The summed E-state index contributed by atoms with van der Waals surface area (Å²) in [6, 6.07) is 11.9. The van der Waals surface area contributed by atoms with Gasteiger partial charge in [0.25, 0.3) is 5.56 Å². The molecule has 3 N–H and O–H groups in total. The van der Waals surface area contributed by atoms with Gasteiger partial charge in [-0.25, -0.2) is 4.98 Å². The van der Waals surface area contributed by atoms with E-state index in [0.29, 0.717) is 24.2 Å². The number of anilines is 1. The molecule has 2 aliphatic rings. The van der Waals surface area contributed by atoms with Crippen molar-refractivity contribution >= 4 is 11.7 Å². The predicted molar refractivity (Wildman–Crippen MR) is 108 cm³/mol.